The van der Waals surface area contributed by atoms with Gasteiger partial charge in [0.1, 0.15) is 5.82 Å². The van der Waals surface area contributed by atoms with E-state index in [0.717, 1.165) is 4.47 Å². The number of rotatable bonds is 3. The molecule has 0 aliphatic heterocycles. The molecule has 0 fully saturated rings. The Kier molecular flexibility index (Phi) is 4.08. The van der Waals surface area contributed by atoms with E-state index in [2.05, 4.69) is 20.9 Å². The van der Waals surface area contributed by atoms with Gasteiger partial charge in [0.25, 0.3) is 0 Å². The highest BCUT2D eigenvalue weighted by molar-refractivity contribution is 9.10. The Balaban J connectivity index is 2.21. The van der Waals surface area contributed by atoms with Crippen molar-refractivity contribution in [3.05, 3.63) is 52.5 Å². The van der Waals surface area contributed by atoms with Crippen LogP contribution in [0.25, 0.3) is 0 Å². The predicted octanol–water partition coefficient (Wildman–Crippen LogP) is 2.87. The highest BCUT2D eigenvalue weighted by Gasteiger charge is 2.10. The van der Waals surface area contributed by atoms with Crippen LogP contribution in [-0.4, -0.2) is 9.19 Å². The molecular formula is C12H10BrFN2OS. The van der Waals surface area contributed by atoms with Crippen molar-refractivity contribution in [1.82, 2.24) is 4.98 Å². The largest absolute Gasteiger partial charge is 0.398 e. The molecule has 6 heteroatoms. The number of halogens is 2. The van der Waals surface area contributed by atoms with Crippen LogP contribution in [0.3, 0.4) is 0 Å². The molecule has 0 bridgehead atoms. The lowest BCUT2D eigenvalue weighted by Gasteiger charge is -2.05. The average Bonchev–Trinajstić information content (AvgIpc) is 2.35. The second-order valence-corrected chi connectivity index (χ2v) is 5.97. The number of benzene rings is 1. The molecule has 1 unspecified atom stereocenters. The van der Waals surface area contributed by atoms with E-state index in [1.807, 2.05) is 6.07 Å². The van der Waals surface area contributed by atoms with Gasteiger partial charge in [-0.15, -0.1) is 0 Å². The Morgan fingerprint density at radius 2 is 2.11 bits per heavy atom. The first kappa shape index (κ1) is 13.2. The molecule has 1 heterocycles. The predicted molar refractivity (Wildman–Crippen MR) is 72.9 cm³/mol. The number of nitrogen functional groups attached to an aromatic ring is 1. The Hall–Kier alpha value is -1.27. The van der Waals surface area contributed by atoms with Gasteiger partial charge < -0.3 is 5.73 Å². The molecule has 2 rings (SSSR count). The van der Waals surface area contributed by atoms with Crippen molar-refractivity contribution in [2.45, 2.75) is 10.6 Å². The SMILES string of the molecule is Nc1ccc(F)cc1S(=O)Cc1ccc(Br)cn1. The van der Waals surface area contributed by atoms with Gasteiger partial charge in [-0.1, -0.05) is 0 Å². The Morgan fingerprint density at radius 3 is 2.78 bits per heavy atom. The maximum atomic E-state index is 13.1. The van der Waals surface area contributed by atoms with E-state index in [9.17, 15) is 8.60 Å². The van der Waals surface area contributed by atoms with Gasteiger partial charge in [0.2, 0.25) is 0 Å². The molecule has 2 N–H and O–H groups in total. The van der Waals surface area contributed by atoms with E-state index >= 15 is 0 Å². The number of pyridine rings is 1. The van der Waals surface area contributed by atoms with Crippen LogP contribution in [-0.2, 0) is 16.6 Å². The summed E-state index contributed by atoms with van der Waals surface area (Å²) >= 11 is 3.27. The van der Waals surface area contributed by atoms with Gasteiger partial charge in [-0.3, -0.25) is 9.19 Å². The number of aromatic nitrogens is 1. The average molecular weight is 329 g/mol. The summed E-state index contributed by atoms with van der Waals surface area (Å²) in [6.45, 7) is 0. The van der Waals surface area contributed by atoms with Crippen molar-refractivity contribution in [2.24, 2.45) is 0 Å². The minimum atomic E-state index is -1.41. The molecule has 1 atom stereocenters. The maximum absolute atomic E-state index is 13.1. The second-order valence-electron chi connectivity index (χ2n) is 3.64. The van der Waals surface area contributed by atoms with Gasteiger partial charge in [0, 0.05) is 16.4 Å². The Labute approximate surface area is 115 Å². The zero-order chi connectivity index (χ0) is 13.1. The summed E-state index contributed by atoms with van der Waals surface area (Å²) < 4.78 is 26.0. The highest BCUT2D eigenvalue weighted by Crippen LogP contribution is 2.20. The molecule has 94 valence electrons. The van der Waals surface area contributed by atoms with Crippen molar-refractivity contribution >= 4 is 32.4 Å². The summed E-state index contributed by atoms with van der Waals surface area (Å²) in [4.78, 5) is 4.43. The Morgan fingerprint density at radius 1 is 1.33 bits per heavy atom. The minimum Gasteiger partial charge on any atom is -0.398 e. The normalized spacial score (nSPS) is 12.3. The van der Waals surface area contributed by atoms with Crippen LogP contribution in [0, 0.1) is 5.82 Å². The molecule has 0 spiro atoms. The van der Waals surface area contributed by atoms with Gasteiger partial charge in [0.15, 0.2) is 0 Å². The van der Waals surface area contributed by atoms with Crippen molar-refractivity contribution < 1.29 is 8.60 Å². The van der Waals surface area contributed by atoms with E-state index in [0.29, 0.717) is 16.3 Å². The molecule has 0 aliphatic carbocycles. The van der Waals surface area contributed by atoms with Gasteiger partial charge >= 0.3 is 0 Å². The highest BCUT2D eigenvalue weighted by atomic mass is 79.9. The number of hydrogen-bond donors (Lipinski definition) is 1. The standard InChI is InChI=1S/C12H10BrFN2OS/c13-8-1-3-10(16-6-8)7-18(17)12-5-9(14)2-4-11(12)15/h1-6H,7,15H2. The summed E-state index contributed by atoms with van der Waals surface area (Å²) in [6, 6.07) is 7.43. The van der Waals surface area contributed by atoms with Crippen LogP contribution in [0.15, 0.2) is 45.9 Å². The molecule has 0 saturated heterocycles. The van der Waals surface area contributed by atoms with E-state index < -0.39 is 16.6 Å². The van der Waals surface area contributed by atoms with Gasteiger partial charge in [-0.2, -0.15) is 0 Å². The van der Waals surface area contributed by atoms with Gasteiger partial charge in [-0.25, -0.2) is 4.39 Å². The topological polar surface area (TPSA) is 56.0 Å². The molecule has 1 aromatic carbocycles. The third-order valence-corrected chi connectivity index (χ3v) is 4.16. The fraction of sp³-hybridized carbons (Fsp3) is 0.0833. The molecule has 18 heavy (non-hydrogen) atoms. The quantitative estimate of drug-likeness (QED) is 0.881. The number of anilines is 1. The molecule has 3 nitrogen and oxygen atoms in total. The zero-order valence-corrected chi connectivity index (χ0v) is 11.7. The summed E-state index contributed by atoms with van der Waals surface area (Å²) in [5.74, 6) is -0.239. The third-order valence-electron chi connectivity index (χ3n) is 2.29. The lowest BCUT2D eigenvalue weighted by Crippen LogP contribution is -2.02. The molecule has 0 aliphatic rings. The van der Waals surface area contributed by atoms with Crippen LogP contribution in [0.5, 0.6) is 0 Å². The second kappa shape index (κ2) is 5.58. The van der Waals surface area contributed by atoms with Crippen LogP contribution >= 0.6 is 15.9 Å². The zero-order valence-electron chi connectivity index (χ0n) is 9.27. The fourth-order valence-electron chi connectivity index (χ4n) is 1.41. The monoisotopic (exact) mass is 328 g/mol. The lowest BCUT2D eigenvalue weighted by atomic mass is 10.3. The molecule has 0 amide bonds. The summed E-state index contributed by atoms with van der Waals surface area (Å²) in [5, 5.41) is 0. The lowest BCUT2D eigenvalue weighted by molar-refractivity contribution is 0.623. The first-order valence-corrected chi connectivity index (χ1v) is 7.21. The van der Waals surface area contributed by atoms with Gasteiger partial charge in [-0.05, 0) is 46.3 Å². The van der Waals surface area contributed by atoms with E-state index in [1.54, 1.807) is 12.3 Å². The summed E-state index contributed by atoms with van der Waals surface area (Å²) in [6.07, 6.45) is 1.63. The molecule has 2 aromatic rings. The first-order chi connectivity index (χ1) is 8.56. The first-order valence-electron chi connectivity index (χ1n) is 5.10. The molecule has 1 aromatic heterocycles. The number of hydrogen-bond acceptors (Lipinski definition) is 3. The van der Waals surface area contributed by atoms with E-state index in [4.69, 9.17) is 5.73 Å². The van der Waals surface area contributed by atoms with Crippen LogP contribution < -0.4 is 5.73 Å². The Bertz CT molecular complexity index is 589. The van der Waals surface area contributed by atoms with Crippen LogP contribution in [0.1, 0.15) is 5.69 Å². The maximum Gasteiger partial charge on any atom is 0.124 e. The van der Waals surface area contributed by atoms with Crippen molar-refractivity contribution in [3.8, 4) is 0 Å². The van der Waals surface area contributed by atoms with Crippen molar-refractivity contribution in [3.63, 3.8) is 0 Å². The van der Waals surface area contributed by atoms with Crippen LogP contribution in [0.2, 0.25) is 0 Å². The van der Waals surface area contributed by atoms with Crippen molar-refractivity contribution in [1.29, 1.82) is 0 Å². The summed E-state index contributed by atoms with van der Waals surface area (Å²) in [5.41, 5.74) is 6.67. The molecule has 0 saturated carbocycles. The van der Waals surface area contributed by atoms with Crippen molar-refractivity contribution in [2.75, 3.05) is 5.73 Å². The van der Waals surface area contributed by atoms with Crippen LogP contribution in [0.4, 0.5) is 10.1 Å². The summed E-state index contributed by atoms with van der Waals surface area (Å²) in [7, 11) is -1.41. The third kappa shape index (κ3) is 3.14. The fourth-order valence-corrected chi connectivity index (χ4v) is 2.81. The van der Waals surface area contributed by atoms with Gasteiger partial charge in [0.05, 0.1) is 27.1 Å². The molecule has 0 radical (unpaired) electrons. The number of nitrogens with two attached hydrogens (primary N) is 1. The number of nitrogens with zero attached hydrogens (tertiary/aromatic N) is 1. The van der Waals surface area contributed by atoms with E-state index in [-0.39, 0.29) is 5.75 Å². The smallest absolute Gasteiger partial charge is 0.124 e. The molecular weight excluding hydrogens is 319 g/mol. The minimum absolute atomic E-state index is 0.209. The van der Waals surface area contributed by atoms with E-state index in [1.165, 1.54) is 18.2 Å².